The van der Waals surface area contributed by atoms with Crippen LogP contribution in [-0.4, -0.2) is 33.9 Å². The van der Waals surface area contributed by atoms with Gasteiger partial charge in [0.1, 0.15) is 37.6 Å². The predicted octanol–water partition coefficient (Wildman–Crippen LogP) is 4.13. The molecule has 0 heterocycles. The van der Waals surface area contributed by atoms with Crippen LogP contribution in [0.15, 0.2) is 71.6 Å². The van der Waals surface area contributed by atoms with Gasteiger partial charge in [-0.05, 0) is 43.3 Å². The molecular formula is C25H25NO7S. The molecule has 0 unspecified atom stereocenters. The molecule has 0 aliphatic rings. The van der Waals surface area contributed by atoms with Crippen molar-refractivity contribution < 1.29 is 32.2 Å². The first-order valence-electron chi connectivity index (χ1n) is 10.4. The molecule has 0 amide bonds. The number of hydrogen-bond acceptors (Lipinski definition) is 7. The van der Waals surface area contributed by atoms with Crippen LogP contribution in [0.3, 0.4) is 0 Å². The second-order valence-corrected chi connectivity index (χ2v) is 9.06. The summed E-state index contributed by atoms with van der Waals surface area (Å²) in [5, 5.41) is 0. The fourth-order valence-electron chi connectivity index (χ4n) is 2.98. The lowest BCUT2D eigenvalue weighted by Gasteiger charge is -2.15. The standard InChI is InChI=1S/C25H25NO7S/c1-18-7-10-22(11-8-18)34(29,30)26-23-12-9-20(16-27)15-25(23)32-14-13-31-24-6-4-3-5-21(24)17-33-19(2)28/h3-12,15-16,26H,13-14,17H2,1-2H3. The van der Waals surface area contributed by atoms with Gasteiger partial charge in [-0.3, -0.25) is 14.3 Å². The Morgan fingerprint density at radius 3 is 2.29 bits per heavy atom. The van der Waals surface area contributed by atoms with Crippen molar-refractivity contribution in [1.82, 2.24) is 0 Å². The number of nitrogens with one attached hydrogen (secondary N) is 1. The van der Waals surface area contributed by atoms with Crippen molar-refractivity contribution >= 4 is 28.0 Å². The highest BCUT2D eigenvalue weighted by Crippen LogP contribution is 2.28. The SMILES string of the molecule is CC(=O)OCc1ccccc1OCCOc1cc(C=O)ccc1NS(=O)(=O)c1ccc(C)cc1. The molecule has 8 nitrogen and oxygen atoms in total. The molecule has 34 heavy (non-hydrogen) atoms. The van der Waals surface area contributed by atoms with Gasteiger partial charge in [-0.25, -0.2) is 8.42 Å². The van der Waals surface area contributed by atoms with Crippen LogP contribution in [0.25, 0.3) is 0 Å². The van der Waals surface area contributed by atoms with Crippen LogP contribution in [0, 0.1) is 6.92 Å². The molecule has 178 valence electrons. The van der Waals surface area contributed by atoms with Crippen molar-refractivity contribution in [3.63, 3.8) is 0 Å². The molecule has 0 saturated heterocycles. The highest BCUT2D eigenvalue weighted by atomic mass is 32.2. The molecule has 0 saturated carbocycles. The number of esters is 1. The third-order valence-electron chi connectivity index (χ3n) is 4.72. The molecule has 1 N–H and O–H groups in total. The molecule has 0 aliphatic heterocycles. The Kier molecular flexibility index (Phi) is 8.26. The summed E-state index contributed by atoms with van der Waals surface area (Å²) in [5.41, 5.74) is 2.17. The van der Waals surface area contributed by atoms with Gasteiger partial charge in [0, 0.05) is 18.1 Å². The van der Waals surface area contributed by atoms with Crippen molar-refractivity contribution in [2.45, 2.75) is 25.3 Å². The molecule has 0 radical (unpaired) electrons. The Morgan fingerprint density at radius 1 is 0.941 bits per heavy atom. The molecule has 3 rings (SSSR count). The summed E-state index contributed by atoms with van der Waals surface area (Å²) in [5.74, 6) is 0.334. The maximum absolute atomic E-state index is 12.8. The van der Waals surface area contributed by atoms with Gasteiger partial charge in [-0.15, -0.1) is 0 Å². The van der Waals surface area contributed by atoms with Gasteiger partial charge in [0.15, 0.2) is 0 Å². The van der Waals surface area contributed by atoms with Crippen molar-refractivity contribution in [3.05, 3.63) is 83.4 Å². The zero-order chi connectivity index (χ0) is 24.6. The molecule has 3 aromatic carbocycles. The van der Waals surface area contributed by atoms with Gasteiger partial charge < -0.3 is 14.2 Å². The van der Waals surface area contributed by atoms with E-state index in [9.17, 15) is 18.0 Å². The Morgan fingerprint density at radius 2 is 1.62 bits per heavy atom. The van der Waals surface area contributed by atoms with Gasteiger partial charge in [0.2, 0.25) is 0 Å². The number of benzene rings is 3. The number of carbonyl (C=O) groups excluding carboxylic acids is 2. The van der Waals surface area contributed by atoms with Crippen molar-refractivity contribution in [2.75, 3.05) is 17.9 Å². The van der Waals surface area contributed by atoms with Gasteiger partial charge in [0.05, 0.1) is 10.6 Å². The van der Waals surface area contributed by atoms with Gasteiger partial charge >= 0.3 is 5.97 Å². The van der Waals surface area contributed by atoms with Crippen LogP contribution in [0.1, 0.15) is 28.4 Å². The number of carbonyl (C=O) groups is 2. The van der Waals surface area contributed by atoms with Crippen LogP contribution in [0.5, 0.6) is 11.5 Å². The highest BCUT2D eigenvalue weighted by Gasteiger charge is 2.17. The number of rotatable bonds is 11. The van der Waals surface area contributed by atoms with E-state index >= 15 is 0 Å². The van der Waals surface area contributed by atoms with Crippen molar-refractivity contribution in [1.29, 1.82) is 0 Å². The first-order valence-corrected chi connectivity index (χ1v) is 11.9. The van der Waals surface area contributed by atoms with Crippen LogP contribution in [-0.2, 0) is 26.2 Å². The zero-order valence-electron chi connectivity index (χ0n) is 18.8. The number of hydrogen-bond donors (Lipinski definition) is 1. The maximum Gasteiger partial charge on any atom is 0.302 e. The van der Waals surface area contributed by atoms with Crippen molar-refractivity contribution in [3.8, 4) is 11.5 Å². The second-order valence-electron chi connectivity index (χ2n) is 7.38. The van der Waals surface area contributed by atoms with E-state index in [-0.39, 0.29) is 36.2 Å². The minimum atomic E-state index is -3.86. The topological polar surface area (TPSA) is 108 Å². The summed E-state index contributed by atoms with van der Waals surface area (Å²) in [6.45, 7) is 3.48. The molecule has 0 aromatic heterocycles. The van der Waals surface area contributed by atoms with E-state index in [1.165, 1.54) is 37.3 Å². The number of aryl methyl sites for hydroxylation is 1. The minimum absolute atomic E-state index is 0.0729. The molecule has 0 bridgehead atoms. The van der Waals surface area contributed by atoms with E-state index in [1.54, 1.807) is 36.4 Å². The monoisotopic (exact) mass is 483 g/mol. The second kappa shape index (κ2) is 11.3. The fourth-order valence-corrected chi connectivity index (χ4v) is 4.05. The fraction of sp³-hybridized carbons (Fsp3) is 0.200. The average molecular weight is 484 g/mol. The van der Waals surface area contributed by atoms with Crippen LogP contribution < -0.4 is 14.2 Å². The van der Waals surface area contributed by atoms with Gasteiger partial charge in [-0.1, -0.05) is 35.9 Å². The highest BCUT2D eigenvalue weighted by molar-refractivity contribution is 7.92. The predicted molar refractivity (Wildman–Crippen MR) is 127 cm³/mol. The lowest BCUT2D eigenvalue weighted by molar-refractivity contribution is -0.142. The third-order valence-corrected chi connectivity index (χ3v) is 6.10. The number of para-hydroxylation sites is 1. The van der Waals surface area contributed by atoms with E-state index in [1.807, 2.05) is 6.92 Å². The maximum atomic E-state index is 12.8. The zero-order valence-corrected chi connectivity index (χ0v) is 19.6. The Balaban J connectivity index is 1.69. The van der Waals surface area contributed by atoms with Crippen LogP contribution >= 0.6 is 0 Å². The Hall–Kier alpha value is -3.85. The Bertz CT molecular complexity index is 1250. The first kappa shape index (κ1) is 24.8. The number of ether oxygens (including phenoxy) is 3. The van der Waals surface area contributed by atoms with E-state index in [0.29, 0.717) is 23.2 Å². The van der Waals surface area contributed by atoms with Gasteiger partial charge in [-0.2, -0.15) is 0 Å². The third kappa shape index (κ3) is 6.82. The molecule has 9 heteroatoms. The van der Waals surface area contributed by atoms with Crippen molar-refractivity contribution in [2.24, 2.45) is 0 Å². The first-order chi connectivity index (χ1) is 16.3. The van der Waals surface area contributed by atoms with E-state index in [4.69, 9.17) is 14.2 Å². The summed E-state index contributed by atoms with van der Waals surface area (Å²) < 4.78 is 44.6. The number of aldehydes is 1. The van der Waals surface area contributed by atoms with E-state index < -0.39 is 16.0 Å². The molecule has 3 aromatic rings. The van der Waals surface area contributed by atoms with Gasteiger partial charge in [0.25, 0.3) is 10.0 Å². The summed E-state index contributed by atoms with van der Waals surface area (Å²) >= 11 is 0. The average Bonchev–Trinajstić information content (AvgIpc) is 2.82. The van der Waals surface area contributed by atoms with E-state index in [0.717, 1.165) is 5.56 Å². The minimum Gasteiger partial charge on any atom is -0.490 e. The normalized spacial score (nSPS) is 10.9. The lowest BCUT2D eigenvalue weighted by atomic mass is 10.2. The molecule has 0 spiro atoms. The van der Waals surface area contributed by atoms with E-state index in [2.05, 4.69) is 4.72 Å². The summed E-state index contributed by atoms with van der Waals surface area (Å²) in [7, 11) is -3.86. The molecular weight excluding hydrogens is 458 g/mol. The van der Waals surface area contributed by atoms with Crippen LogP contribution in [0.2, 0.25) is 0 Å². The number of sulfonamides is 1. The summed E-state index contributed by atoms with van der Waals surface area (Å²) in [4.78, 5) is 22.4. The smallest absolute Gasteiger partial charge is 0.302 e. The molecule has 0 fully saturated rings. The molecule has 0 aliphatic carbocycles. The largest absolute Gasteiger partial charge is 0.490 e. The number of anilines is 1. The quantitative estimate of drug-likeness (QED) is 0.248. The Labute approximate surface area is 198 Å². The summed E-state index contributed by atoms with van der Waals surface area (Å²) in [6.07, 6.45) is 0.646. The summed E-state index contributed by atoms with van der Waals surface area (Å²) in [6, 6.07) is 18.0. The lowest BCUT2D eigenvalue weighted by Crippen LogP contribution is -2.15. The van der Waals surface area contributed by atoms with Crippen LogP contribution in [0.4, 0.5) is 5.69 Å². The molecule has 0 atom stereocenters.